The lowest BCUT2D eigenvalue weighted by atomic mass is 10.1. The highest BCUT2D eigenvalue weighted by molar-refractivity contribution is 5.92. The fraction of sp³-hybridized carbons (Fsp3) is 0.133. The van der Waals surface area contributed by atoms with Gasteiger partial charge in [0.25, 0.3) is 0 Å². The minimum Gasteiger partial charge on any atom is -0.311 e. The summed E-state index contributed by atoms with van der Waals surface area (Å²) in [4.78, 5) is 15.3. The van der Waals surface area contributed by atoms with Crippen LogP contribution in [0.25, 0.3) is 21.9 Å². The van der Waals surface area contributed by atoms with E-state index in [1.165, 1.54) is 6.92 Å². The molecule has 1 amide bonds. The molecule has 0 bridgehead atoms. The summed E-state index contributed by atoms with van der Waals surface area (Å²) in [6.07, 6.45) is 5.56. The second kappa shape index (κ2) is 4.77. The van der Waals surface area contributed by atoms with Gasteiger partial charge in [-0.15, -0.1) is 0 Å². The fourth-order valence-corrected chi connectivity index (χ4v) is 2.14. The van der Waals surface area contributed by atoms with Gasteiger partial charge in [0.05, 0.1) is 6.20 Å². The Morgan fingerprint density at radius 3 is 2.70 bits per heavy atom. The van der Waals surface area contributed by atoms with E-state index in [-0.39, 0.29) is 5.91 Å². The number of anilines is 1. The van der Waals surface area contributed by atoms with Crippen molar-refractivity contribution in [3.8, 4) is 11.1 Å². The first-order chi connectivity index (χ1) is 9.61. The number of amides is 1. The molecule has 1 N–H and O–H groups in total. The van der Waals surface area contributed by atoms with E-state index < -0.39 is 0 Å². The Labute approximate surface area is 116 Å². The number of pyridine rings is 1. The highest BCUT2D eigenvalue weighted by atomic mass is 16.1. The van der Waals surface area contributed by atoms with E-state index in [9.17, 15) is 4.79 Å². The average molecular weight is 266 g/mol. The van der Waals surface area contributed by atoms with E-state index in [0.29, 0.717) is 5.82 Å². The first kappa shape index (κ1) is 12.3. The number of hydrogen-bond acceptors (Lipinski definition) is 3. The van der Waals surface area contributed by atoms with Gasteiger partial charge in [-0.1, -0.05) is 12.1 Å². The Balaban J connectivity index is 2.06. The molecular weight excluding hydrogens is 252 g/mol. The van der Waals surface area contributed by atoms with E-state index in [1.807, 2.05) is 37.6 Å². The molecule has 0 aliphatic heterocycles. The molecule has 0 spiro atoms. The first-order valence-corrected chi connectivity index (χ1v) is 6.28. The number of fused-ring (bicyclic) bond motifs is 1. The van der Waals surface area contributed by atoms with Crippen LogP contribution in [0.1, 0.15) is 6.92 Å². The lowest BCUT2D eigenvalue weighted by Gasteiger charge is -2.05. The number of rotatable bonds is 2. The van der Waals surface area contributed by atoms with Crippen LogP contribution in [-0.4, -0.2) is 20.7 Å². The maximum absolute atomic E-state index is 11.1. The molecule has 3 aromatic rings. The number of aryl methyl sites for hydroxylation is 1. The molecule has 0 fully saturated rings. The normalized spacial score (nSPS) is 10.7. The summed E-state index contributed by atoms with van der Waals surface area (Å²) in [7, 11) is 1.89. The highest BCUT2D eigenvalue weighted by Gasteiger charge is 2.04. The molecule has 2 aromatic heterocycles. The van der Waals surface area contributed by atoms with Crippen LogP contribution in [0, 0.1) is 0 Å². The van der Waals surface area contributed by atoms with Crippen molar-refractivity contribution in [2.24, 2.45) is 7.05 Å². The predicted octanol–water partition coefficient (Wildman–Crippen LogP) is 2.59. The topological polar surface area (TPSA) is 59.8 Å². The number of carbonyl (C=O) groups is 1. The minimum atomic E-state index is -0.125. The molecular formula is C15H14N4O. The second-order valence-electron chi connectivity index (χ2n) is 4.72. The van der Waals surface area contributed by atoms with Gasteiger partial charge in [0.1, 0.15) is 5.82 Å². The van der Waals surface area contributed by atoms with Gasteiger partial charge in [-0.25, -0.2) is 4.98 Å². The SMILES string of the molecule is CC(=O)Nc1cc2cc(-c3cnn(C)c3)ccc2cn1. The molecule has 0 aliphatic carbocycles. The third kappa shape index (κ3) is 2.38. The molecule has 2 heterocycles. The summed E-state index contributed by atoms with van der Waals surface area (Å²) in [6.45, 7) is 1.47. The van der Waals surface area contributed by atoms with Crippen molar-refractivity contribution in [3.63, 3.8) is 0 Å². The Kier molecular flexibility index (Phi) is 2.95. The number of nitrogens with one attached hydrogen (secondary N) is 1. The quantitative estimate of drug-likeness (QED) is 0.775. The molecule has 0 unspecified atom stereocenters. The van der Waals surface area contributed by atoms with Crippen molar-refractivity contribution in [1.29, 1.82) is 0 Å². The van der Waals surface area contributed by atoms with Crippen molar-refractivity contribution >= 4 is 22.5 Å². The van der Waals surface area contributed by atoms with Gasteiger partial charge in [-0.2, -0.15) is 5.10 Å². The number of carbonyl (C=O) groups excluding carboxylic acids is 1. The van der Waals surface area contributed by atoms with Crippen LogP contribution in [0.15, 0.2) is 42.9 Å². The van der Waals surface area contributed by atoms with Gasteiger partial charge in [0, 0.05) is 37.3 Å². The van der Waals surface area contributed by atoms with Crippen LogP contribution < -0.4 is 5.32 Å². The third-order valence-corrected chi connectivity index (χ3v) is 3.06. The zero-order valence-electron chi connectivity index (χ0n) is 11.3. The molecule has 20 heavy (non-hydrogen) atoms. The van der Waals surface area contributed by atoms with Gasteiger partial charge in [-0.3, -0.25) is 9.48 Å². The molecule has 0 radical (unpaired) electrons. The second-order valence-corrected chi connectivity index (χ2v) is 4.72. The summed E-state index contributed by atoms with van der Waals surface area (Å²) in [6, 6.07) is 8.00. The average Bonchev–Trinajstić information content (AvgIpc) is 2.84. The van der Waals surface area contributed by atoms with E-state index in [1.54, 1.807) is 10.9 Å². The molecule has 5 nitrogen and oxygen atoms in total. The number of nitrogens with zero attached hydrogens (tertiary/aromatic N) is 3. The minimum absolute atomic E-state index is 0.125. The standard InChI is InChI=1S/C15H14N4O/c1-10(20)18-15-6-13-5-11(3-4-12(13)7-16-15)14-8-17-19(2)9-14/h3-9H,1-2H3,(H,16,18,20). The first-order valence-electron chi connectivity index (χ1n) is 6.28. The molecule has 1 aromatic carbocycles. The Hall–Kier alpha value is -2.69. The monoisotopic (exact) mass is 266 g/mol. The predicted molar refractivity (Wildman–Crippen MR) is 78.2 cm³/mol. The van der Waals surface area contributed by atoms with Crippen LogP contribution in [0.4, 0.5) is 5.82 Å². The summed E-state index contributed by atoms with van der Waals surface area (Å²) in [5.41, 5.74) is 2.15. The molecule has 5 heteroatoms. The highest BCUT2D eigenvalue weighted by Crippen LogP contribution is 2.25. The number of aromatic nitrogens is 3. The summed E-state index contributed by atoms with van der Waals surface area (Å²) in [5.74, 6) is 0.439. The molecule has 3 rings (SSSR count). The Bertz CT molecular complexity index is 791. The van der Waals surface area contributed by atoms with Crippen LogP contribution in [0.3, 0.4) is 0 Å². The maximum Gasteiger partial charge on any atom is 0.222 e. The van der Waals surface area contributed by atoms with Crippen molar-refractivity contribution < 1.29 is 4.79 Å². The fourth-order valence-electron chi connectivity index (χ4n) is 2.14. The van der Waals surface area contributed by atoms with Crippen molar-refractivity contribution in [2.75, 3.05) is 5.32 Å². The molecule has 0 saturated heterocycles. The maximum atomic E-state index is 11.1. The van der Waals surface area contributed by atoms with Crippen LogP contribution in [0.2, 0.25) is 0 Å². The van der Waals surface area contributed by atoms with Crippen LogP contribution >= 0.6 is 0 Å². The van der Waals surface area contributed by atoms with Gasteiger partial charge in [0.15, 0.2) is 0 Å². The molecule has 0 aliphatic rings. The van der Waals surface area contributed by atoms with E-state index in [4.69, 9.17) is 0 Å². The van der Waals surface area contributed by atoms with Crippen molar-refractivity contribution in [3.05, 3.63) is 42.9 Å². The molecule has 0 saturated carbocycles. The lowest BCUT2D eigenvalue weighted by molar-refractivity contribution is -0.114. The van der Waals surface area contributed by atoms with E-state index >= 15 is 0 Å². The van der Waals surface area contributed by atoms with E-state index in [0.717, 1.165) is 21.9 Å². The van der Waals surface area contributed by atoms with E-state index in [2.05, 4.69) is 21.5 Å². The van der Waals surface area contributed by atoms with Gasteiger partial charge >= 0.3 is 0 Å². The summed E-state index contributed by atoms with van der Waals surface area (Å²) >= 11 is 0. The van der Waals surface area contributed by atoms with Crippen molar-refractivity contribution in [2.45, 2.75) is 6.92 Å². The van der Waals surface area contributed by atoms with Gasteiger partial charge in [-0.05, 0) is 23.1 Å². The summed E-state index contributed by atoms with van der Waals surface area (Å²) < 4.78 is 1.77. The van der Waals surface area contributed by atoms with Gasteiger partial charge < -0.3 is 5.32 Å². The number of benzene rings is 1. The van der Waals surface area contributed by atoms with Crippen LogP contribution in [0.5, 0.6) is 0 Å². The Morgan fingerprint density at radius 2 is 2.00 bits per heavy atom. The van der Waals surface area contributed by atoms with Crippen molar-refractivity contribution in [1.82, 2.24) is 14.8 Å². The van der Waals surface area contributed by atoms with Gasteiger partial charge in [0.2, 0.25) is 5.91 Å². The zero-order chi connectivity index (χ0) is 14.1. The third-order valence-electron chi connectivity index (χ3n) is 3.06. The molecule has 0 atom stereocenters. The Morgan fingerprint density at radius 1 is 1.15 bits per heavy atom. The summed E-state index contributed by atoms with van der Waals surface area (Å²) in [5, 5.41) is 8.94. The molecule has 100 valence electrons. The zero-order valence-corrected chi connectivity index (χ0v) is 11.3. The number of hydrogen-bond donors (Lipinski definition) is 1. The smallest absolute Gasteiger partial charge is 0.222 e. The largest absolute Gasteiger partial charge is 0.311 e. The van der Waals surface area contributed by atoms with Crippen LogP contribution in [-0.2, 0) is 11.8 Å². The lowest BCUT2D eigenvalue weighted by Crippen LogP contribution is -2.06.